The summed E-state index contributed by atoms with van der Waals surface area (Å²) in [5.41, 5.74) is 4.15. The van der Waals surface area contributed by atoms with E-state index in [9.17, 15) is 0 Å². The van der Waals surface area contributed by atoms with E-state index >= 15 is 0 Å². The van der Waals surface area contributed by atoms with Crippen molar-refractivity contribution in [3.05, 3.63) is 59.1 Å². The molecule has 1 atom stereocenters. The lowest BCUT2D eigenvalue weighted by molar-refractivity contribution is 0.685. The van der Waals surface area contributed by atoms with E-state index in [-0.39, 0.29) is 6.04 Å². The van der Waals surface area contributed by atoms with E-state index in [0.717, 1.165) is 12.2 Å². The van der Waals surface area contributed by atoms with Crippen LogP contribution < -0.4 is 5.32 Å². The second-order valence-electron chi connectivity index (χ2n) is 4.56. The van der Waals surface area contributed by atoms with Gasteiger partial charge in [-0.25, -0.2) is 9.67 Å². The summed E-state index contributed by atoms with van der Waals surface area (Å²) in [6.45, 7) is 2.86. The smallest absolute Gasteiger partial charge is 0.137 e. The van der Waals surface area contributed by atoms with Crippen LogP contribution in [0.2, 0.25) is 0 Å². The highest BCUT2D eigenvalue weighted by atomic mass is 32.1. The number of hydrogen-bond acceptors (Lipinski definition) is 5. The molecule has 3 aromatic rings. The summed E-state index contributed by atoms with van der Waals surface area (Å²) in [6.07, 6.45) is 5.18. The van der Waals surface area contributed by atoms with Gasteiger partial charge in [0.2, 0.25) is 0 Å². The monoisotopic (exact) mass is 285 g/mol. The molecule has 1 N–H and O–H groups in total. The zero-order valence-corrected chi connectivity index (χ0v) is 11.9. The molecule has 3 rings (SSSR count). The molecular weight excluding hydrogens is 270 g/mol. The SMILES string of the molecule is CC(Nc1cccc(Cn2cncn2)c1)c1cncs1. The Kier molecular flexibility index (Phi) is 3.73. The Morgan fingerprint density at radius 3 is 3.05 bits per heavy atom. The molecule has 0 aliphatic carbocycles. The molecule has 0 radical (unpaired) electrons. The van der Waals surface area contributed by atoms with Gasteiger partial charge in [0.25, 0.3) is 0 Å². The quantitative estimate of drug-likeness (QED) is 0.783. The van der Waals surface area contributed by atoms with Gasteiger partial charge in [-0.2, -0.15) is 5.10 Å². The van der Waals surface area contributed by atoms with Crippen molar-refractivity contribution in [1.29, 1.82) is 0 Å². The lowest BCUT2D eigenvalue weighted by Crippen LogP contribution is -2.06. The van der Waals surface area contributed by atoms with Gasteiger partial charge in [0.05, 0.1) is 18.1 Å². The minimum atomic E-state index is 0.254. The lowest BCUT2D eigenvalue weighted by Gasteiger charge is -2.14. The number of nitrogens with one attached hydrogen (secondary N) is 1. The van der Waals surface area contributed by atoms with E-state index in [0.29, 0.717) is 0 Å². The fourth-order valence-corrected chi connectivity index (χ4v) is 2.65. The number of benzene rings is 1. The molecule has 1 aromatic carbocycles. The first-order chi connectivity index (χ1) is 9.81. The average molecular weight is 285 g/mol. The molecule has 1 unspecified atom stereocenters. The van der Waals surface area contributed by atoms with Crippen LogP contribution in [0.3, 0.4) is 0 Å². The second-order valence-corrected chi connectivity index (χ2v) is 5.48. The summed E-state index contributed by atoms with van der Waals surface area (Å²) in [4.78, 5) is 9.29. The molecule has 0 aliphatic rings. The van der Waals surface area contributed by atoms with Gasteiger partial charge in [-0.15, -0.1) is 11.3 Å². The molecule has 5 nitrogen and oxygen atoms in total. The van der Waals surface area contributed by atoms with Crippen molar-refractivity contribution in [3.8, 4) is 0 Å². The minimum absolute atomic E-state index is 0.254. The Morgan fingerprint density at radius 1 is 1.35 bits per heavy atom. The average Bonchev–Trinajstić information content (AvgIpc) is 3.12. The predicted molar refractivity (Wildman–Crippen MR) is 79.7 cm³/mol. The maximum atomic E-state index is 4.12. The van der Waals surface area contributed by atoms with E-state index in [1.54, 1.807) is 24.0 Å². The van der Waals surface area contributed by atoms with Crippen molar-refractivity contribution < 1.29 is 0 Å². The molecule has 20 heavy (non-hydrogen) atoms. The molecule has 0 saturated carbocycles. The predicted octanol–water partition coefficient (Wildman–Crippen LogP) is 2.96. The van der Waals surface area contributed by atoms with Crippen LogP contribution in [0.15, 0.2) is 48.6 Å². The van der Waals surface area contributed by atoms with Gasteiger partial charge in [-0.05, 0) is 24.6 Å². The van der Waals surface area contributed by atoms with E-state index in [4.69, 9.17) is 0 Å². The highest BCUT2D eigenvalue weighted by molar-refractivity contribution is 7.09. The number of rotatable bonds is 5. The number of nitrogens with zero attached hydrogens (tertiary/aromatic N) is 4. The van der Waals surface area contributed by atoms with Crippen LogP contribution in [0.4, 0.5) is 5.69 Å². The summed E-state index contributed by atoms with van der Waals surface area (Å²) in [5, 5.41) is 7.61. The number of anilines is 1. The third-order valence-electron chi connectivity index (χ3n) is 3.00. The Hall–Kier alpha value is -2.21. The zero-order valence-electron chi connectivity index (χ0n) is 11.1. The number of thiazole rings is 1. The largest absolute Gasteiger partial charge is 0.378 e. The normalized spacial score (nSPS) is 12.2. The number of hydrogen-bond donors (Lipinski definition) is 1. The second kappa shape index (κ2) is 5.83. The van der Waals surface area contributed by atoms with Crippen molar-refractivity contribution >= 4 is 17.0 Å². The molecule has 0 spiro atoms. The van der Waals surface area contributed by atoms with Gasteiger partial charge in [0.1, 0.15) is 12.7 Å². The summed E-state index contributed by atoms with van der Waals surface area (Å²) in [6, 6.07) is 8.60. The van der Waals surface area contributed by atoms with Crippen LogP contribution in [0.5, 0.6) is 0 Å². The third kappa shape index (κ3) is 3.03. The fraction of sp³-hybridized carbons (Fsp3) is 0.214. The van der Waals surface area contributed by atoms with E-state index < -0.39 is 0 Å². The minimum Gasteiger partial charge on any atom is -0.378 e. The van der Waals surface area contributed by atoms with Gasteiger partial charge >= 0.3 is 0 Å². The van der Waals surface area contributed by atoms with Crippen LogP contribution in [0, 0.1) is 0 Å². The molecule has 0 fully saturated rings. The maximum Gasteiger partial charge on any atom is 0.137 e. The van der Waals surface area contributed by atoms with Gasteiger partial charge in [-0.1, -0.05) is 12.1 Å². The molecule has 0 bridgehead atoms. The fourth-order valence-electron chi connectivity index (χ4n) is 2.02. The first-order valence-electron chi connectivity index (χ1n) is 6.37. The molecule has 2 heterocycles. The Labute approximate surface area is 121 Å². The van der Waals surface area contributed by atoms with Crippen molar-refractivity contribution in [3.63, 3.8) is 0 Å². The molecule has 6 heteroatoms. The van der Waals surface area contributed by atoms with Crippen molar-refractivity contribution in [1.82, 2.24) is 19.7 Å². The van der Waals surface area contributed by atoms with E-state index in [1.165, 1.54) is 10.4 Å². The van der Waals surface area contributed by atoms with Crippen molar-refractivity contribution in [2.24, 2.45) is 0 Å². The summed E-state index contributed by atoms with van der Waals surface area (Å²) in [7, 11) is 0. The first kappa shape index (κ1) is 12.8. The van der Waals surface area contributed by atoms with Gasteiger partial charge in [0, 0.05) is 16.8 Å². The molecule has 102 valence electrons. The number of aromatic nitrogens is 4. The molecule has 0 amide bonds. The summed E-state index contributed by atoms with van der Waals surface area (Å²) >= 11 is 1.66. The Bertz CT molecular complexity index is 648. The van der Waals surface area contributed by atoms with Crippen LogP contribution in [-0.2, 0) is 6.54 Å². The molecule has 2 aromatic heterocycles. The topological polar surface area (TPSA) is 55.6 Å². The van der Waals surface area contributed by atoms with Gasteiger partial charge < -0.3 is 5.32 Å². The van der Waals surface area contributed by atoms with E-state index in [1.807, 2.05) is 22.5 Å². The Balaban J connectivity index is 1.71. The van der Waals surface area contributed by atoms with Gasteiger partial charge in [0.15, 0.2) is 0 Å². The lowest BCUT2D eigenvalue weighted by atomic mass is 10.2. The highest BCUT2D eigenvalue weighted by Crippen LogP contribution is 2.22. The summed E-state index contributed by atoms with van der Waals surface area (Å²) in [5.74, 6) is 0. The van der Waals surface area contributed by atoms with Crippen molar-refractivity contribution in [2.75, 3.05) is 5.32 Å². The molecule has 0 aliphatic heterocycles. The molecule has 0 saturated heterocycles. The third-order valence-corrected chi connectivity index (χ3v) is 3.96. The van der Waals surface area contributed by atoms with Crippen LogP contribution in [0.1, 0.15) is 23.4 Å². The van der Waals surface area contributed by atoms with Crippen molar-refractivity contribution in [2.45, 2.75) is 19.5 Å². The molecular formula is C14H15N5S. The summed E-state index contributed by atoms with van der Waals surface area (Å²) < 4.78 is 1.81. The van der Waals surface area contributed by atoms with E-state index in [2.05, 4.69) is 45.5 Å². The van der Waals surface area contributed by atoms with Crippen LogP contribution in [0.25, 0.3) is 0 Å². The Morgan fingerprint density at radius 2 is 2.30 bits per heavy atom. The van der Waals surface area contributed by atoms with Crippen LogP contribution in [-0.4, -0.2) is 19.7 Å². The standard InChI is InChI=1S/C14H15N5S/c1-11(14-6-15-10-20-14)18-13-4-2-3-12(5-13)7-19-9-16-8-17-19/h2-6,8-11,18H,7H2,1H3. The maximum absolute atomic E-state index is 4.12. The highest BCUT2D eigenvalue weighted by Gasteiger charge is 2.07. The first-order valence-corrected chi connectivity index (χ1v) is 7.25. The zero-order chi connectivity index (χ0) is 13.8. The van der Waals surface area contributed by atoms with Crippen LogP contribution >= 0.6 is 11.3 Å². The van der Waals surface area contributed by atoms with Gasteiger partial charge in [-0.3, -0.25) is 4.98 Å².